The normalized spacial score (nSPS) is 27.7. The van der Waals surface area contributed by atoms with Crippen LogP contribution in [0.3, 0.4) is 0 Å². The Morgan fingerprint density at radius 1 is 1.19 bits per heavy atom. The fraction of sp³-hybridized carbons (Fsp3) is 0.524. The molecule has 138 valence electrons. The molecule has 5 heteroatoms. The maximum atomic E-state index is 13.7. The van der Waals surface area contributed by atoms with Gasteiger partial charge >= 0.3 is 6.09 Å². The van der Waals surface area contributed by atoms with Gasteiger partial charge in [0, 0.05) is 17.6 Å². The van der Waals surface area contributed by atoms with Gasteiger partial charge < -0.3 is 10.1 Å². The molecule has 2 aromatic rings. The third kappa shape index (κ3) is 3.39. The third-order valence-corrected chi connectivity index (χ3v) is 5.83. The van der Waals surface area contributed by atoms with Crippen LogP contribution in [0.2, 0.25) is 0 Å². The summed E-state index contributed by atoms with van der Waals surface area (Å²) in [7, 11) is 0. The van der Waals surface area contributed by atoms with Crippen LogP contribution in [0.1, 0.15) is 51.0 Å². The van der Waals surface area contributed by atoms with E-state index in [1.165, 1.54) is 11.6 Å². The number of fused-ring (bicyclic) bond motifs is 2. The van der Waals surface area contributed by atoms with E-state index in [0.29, 0.717) is 17.8 Å². The molecular formula is C21H25FN2O2. The van der Waals surface area contributed by atoms with Gasteiger partial charge in [0.25, 0.3) is 0 Å². The topological polar surface area (TPSA) is 51.2 Å². The molecule has 26 heavy (non-hydrogen) atoms. The molecule has 4 rings (SSSR count). The Balaban J connectivity index is 1.44. The van der Waals surface area contributed by atoms with Crippen LogP contribution in [-0.2, 0) is 4.74 Å². The molecule has 0 bridgehead atoms. The number of halogens is 1. The summed E-state index contributed by atoms with van der Waals surface area (Å²) in [6, 6.07) is 6.95. The van der Waals surface area contributed by atoms with E-state index in [-0.39, 0.29) is 24.1 Å². The van der Waals surface area contributed by atoms with E-state index in [1.54, 1.807) is 12.1 Å². The van der Waals surface area contributed by atoms with Crippen LogP contribution < -0.4 is 5.32 Å². The lowest BCUT2D eigenvalue weighted by Gasteiger charge is -2.18. The molecule has 1 N–H and O–H groups in total. The Labute approximate surface area is 153 Å². The highest BCUT2D eigenvalue weighted by Gasteiger charge is 2.43. The second-order valence-electron chi connectivity index (χ2n) is 8.05. The Kier molecular flexibility index (Phi) is 4.55. The smallest absolute Gasteiger partial charge is 0.407 e. The standard InChI is InChI=1S/C21H25FN2O2/c1-12(2)24-21(25)26-17-9-13-7-15(8-14(13)10-17)18-5-6-23-20-4-3-16(22)11-19(18)20/h3-6,11-15,17H,7-10H2,1-2H3,(H,24,25)/t13-,14+,15-,17-. The van der Waals surface area contributed by atoms with Gasteiger partial charge in [-0.05, 0) is 87.1 Å². The summed E-state index contributed by atoms with van der Waals surface area (Å²) in [6.07, 6.45) is 5.56. The van der Waals surface area contributed by atoms with Crippen LogP contribution in [0.15, 0.2) is 30.5 Å². The summed E-state index contributed by atoms with van der Waals surface area (Å²) in [4.78, 5) is 16.2. The molecule has 1 aromatic heterocycles. The molecule has 0 saturated heterocycles. The second kappa shape index (κ2) is 6.86. The first-order valence-electron chi connectivity index (χ1n) is 9.51. The number of nitrogens with zero attached hydrogens (tertiary/aromatic N) is 1. The molecule has 2 saturated carbocycles. The Bertz CT molecular complexity index is 809. The maximum Gasteiger partial charge on any atom is 0.407 e. The van der Waals surface area contributed by atoms with Crippen molar-refractivity contribution >= 4 is 17.0 Å². The van der Waals surface area contributed by atoms with Crippen molar-refractivity contribution in [2.24, 2.45) is 11.8 Å². The van der Waals surface area contributed by atoms with Crippen molar-refractivity contribution in [1.29, 1.82) is 0 Å². The van der Waals surface area contributed by atoms with Gasteiger partial charge in [-0.2, -0.15) is 0 Å². The molecule has 4 atom stereocenters. The number of ether oxygens (including phenoxy) is 1. The molecule has 0 radical (unpaired) electrons. The van der Waals surface area contributed by atoms with Gasteiger partial charge in [-0.1, -0.05) is 0 Å². The van der Waals surface area contributed by atoms with Crippen molar-refractivity contribution in [2.75, 3.05) is 0 Å². The van der Waals surface area contributed by atoms with E-state index in [4.69, 9.17) is 4.74 Å². The first-order valence-corrected chi connectivity index (χ1v) is 9.51. The third-order valence-electron chi connectivity index (χ3n) is 5.83. The number of amides is 1. The number of carbonyl (C=O) groups is 1. The molecule has 1 amide bonds. The van der Waals surface area contributed by atoms with Crippen molar-refractivity contribution in [2.45, 2.75) is 57.6 Å². The van der Waals surface area contributed by atoms with Crippen LogP contribution in [0, 0.1) is 17.7 Å². The van der Waals surface area contributed by atoms with Gasteiger partial charge in [0.2, 0.25) is 0 Å². The summed E-state index contributed by atoms with van der Waals surface area (Å²) in [5.74, 6) is 1.37. The highest BCUT2D eigenvalue weighted by Crippen LogP contribution is 2.52. The molecule has 0 unspecified atom stereocenters. The van der Waals surface area contributed by atoms with E-state index in [9.17, 15) is 9.18 Å². The zero-order valence-electron chi connectivity index (χ0n) is 15.2. The summed E-state index contributed by atoms with van der Waals surface area (Å²) in [5, 5.41) is 3.72. The largest absolute Gasteiger partial charge is 0.446 e. The summed E-state index contributed by atoms with van der Waals surface area (Å²) < 4.78 is 19.3. The van der Waals surface area contributed by atoms with E-state index >= 15 is 0 Å². The fourth-order valence-electron chi connectivity index (χ4n) is 4.83. The molecule has 2 fully saturated rings. The van der Waals surface area contributed by atoms with E-state index < -0.39 is 0 Å². The molecule has 4 nitrogen and oxygen atoms in total. The number of carbonyl (C=O) groups excluding carboxylic acids is 1. The van der Waals surface area contributed by atoms with Crippen molar-refractivity contribution < 1.29 is 13.9 Å². The number of hydrogen-bond donors (Lipinski definition) is 1. The maximum absolute atomic E-state index is 13.7. The first kappa shape index (κ1) is 17.3. The van der Waals surface area contributed by atoms with E-state index in [0.717, 1.165) is 36.6 Å². The zero-order valence-corrected chi connectivity index (χ0v) is 15.2. The second-order valence-corrected chi connectivity index (χ2v) is 8.05. The summed E-state index contributed by atoms with van der Waals surface area (Å²) in [6.45, 7) is 3.86. The number of hydrogen-bond acceptors (Lipinski definition) is 3. The minimum Gasteiger partial charge on any atom is -0.446 e. The van der Waals surface area contributed by atoms with Crippen molar-refractivity contribution in [1.82, 2.24) is 10.3 Å². The zero-order chi connectivity index (χ0) is 18.3. The molecule has 0 aliphatic heterocycles. The van der Waals surface area contributed by atoms with Gasteiger partial charge in [0.05, 0.1) is 5.52 Å². The number of pyridine rings is 1. The minimum absolute atomic E-state index is 0.0244. The van der Waals surface area contributed by atoms with Gasteiger partial charge in [-0.25, -0.2) is 9.18 Å². The fourth-order valence-corrected chi connectivity index (χ4v) is 4.83. The summed E-state index contributed by atoms with van der Waals surface area (Å²) in [5.41, 5.74) is 2.06. The summed E-state index contributed by atoms with van der Waals surface area (Å²) >= 11 is 0. The van der Waals surface area contributed by atoms with Crippen LogP contribution >= 0.6 is 0 Å². The quantitative estimate of drug-likeness (QED) is 0.861. The SMILES string of the molecule is CC(C)NC(=O)O[C@H]1C[C@@H]2C[C@H](c3ccnc4ccc(F)cc34)C[C@@H]2C1. The molecule has 2 aliphatic carbocycles. The van der Waals surface area contributed by atoms with Gasteiger partial charge in [0.1, 0.15) is 11.9 Å². The van der Waals surface area contributed by atoms with Crippen molar-refractivity contribution in [3.05, 3.63) is 41.8 Å². The monoisotopic (exact) mass is 356 g/mol. The number of alkyl carbamates (subject to hydrolysis) is 1. The van der Waals surface area contributed by atoms with E-state index in [1.807, 2.05) is 26.1 Å². The number of rotatable bonds is 3. The number of aromatic nitrogens is 1. The van der Waals surface area contributed by atoms with E-state index in [2.05, 4.69) is 10.3 Å². The predicted octanol–water partition coefficient (Wildman–Crippen LogP) is 4.78. The number of benzene rings is 1. The number of nitrogens with one attached hydrogen (secondary N) is 1. The Morgan fingerprint density at radius 2 is 1.92 bits per heavy atom. The van der Waals surface area contributed by atoms with Crippen molar-refractivity contribution in [3.8, 4) is 0 Å². The average molecular weight is 356 g/mol. The molecule has 0 spiro atoms. The molecule has 2 aliphatic rings. The van der Waals surface area contributed by atoms with Crippen molar-refractivity contribution in [3.63, 3.8) is 0 Å². The highest BCUT2D eigenvalue weighted by atomic mass is 19.1. The molecular weight excluding hydrogens is 331 g/mol. The molecule has 1 heterocycles. The Morgan fingerprint density at radius 3 is 2.62 bits per heavy atom. The lowest BCUT2D eigenvalue weighted by atomic mass is 9.92. The van der Waals surface area contributed by atoms with Gasteiger partial charge in [-0.15, -0.1) is 0 Å². The van der Waals surface area contributed by atoms with Crippen LogP contribution in [0.25, 0.3) is 10.9 Å². The highest BCUT2D eigenvalue weighted by molar-refractivity contribution is 5.82. The van der Waals surface area contributed by atoms with Gasteiger partial charge in [-0.3, -0.25) is 4.98 Å². The lowest BCUT2D eigenvalue weighted by Crippen LogP contribution is -2.33. The van der Waals surface area contributed by atoms with Gasteiger partial charge in [0.15, 0.2) is 0 Å². The average Bonchev–Trinajstić information content (AvgIpc) is 3.11. The van der Waals surface area contributed by atoms with Crippen LogP contribution in [0.5, 0.6) is 0 Å². The lowest BCUT2D eigenvalue weighted by molar-refractivity contribution is 0.0940. The first-order chi connectivity index (χ1) is 12.5. The predicted molar refractivity (Wildman–Crippen MR) is 98.4 cm³/mol. The molecule has 1 aromatic carbocycles. The van der Waals surface area contributed by atoms with Crippen LogP contribution in [-0.4, -0.2) is 23.2 Å². The van der Waals surface area contributed by atoms with Crippen LogP contribution in [0.4, 0.5) is 9.18 Å². The Hall–Kier alpha value is -2.17. The minimum atomic E-state index is -0.308.